The molecule has 1 amide bonds. The predicted molar refractivity (Wildman–Crippen MR) is 127 cm³/mol. The number of aromatic nitrogens is 1. The molecule has 32 heavy (non-hydrogen) atoms. The number of aryl methyl sites for hydroxylation is 2. The van der Waals surface area contributed by atoms with Crippen LogP contribution in [0, 0.1) is 6.92 Å². The zero-order valence-corrected chi connectivity index (χ0v) is 19.5. The minimum Gasteiger partial charge on any atom is -0.337 e. The van der Waals surface area contributed by atoms with E-state index in [1.54, 1.807) is 55.5 Å². The van der Waals surface area contributed by atoms with Crippen molar-refractivity contribution in [2.24, 2.45) is 0 Å². The number of rotatable bonds is 9. The highest BCUT2D eigenvalue weighted by molar-refractivity contribution is 7.92. The number of anilines is 1. The Balaban J connectivity index is 1.78. The number of benzene rings is 2. The largest absolute Gasteiger partial charge is 0.337 e. The minimum atomic E-state index is -3.84. The molecule has 0 bridgehead atoms. The average molecular weight is 452 g/mol. The van der Waals surface area contributed by atoms with E-state index in [9.17, 15) is 13.2 Å². The predicted octanol–water partition coefficient (Wildman–Crippen LogP) is 4.81. The summed E-state index contributed by atoms with van der Waals surface area (Å²) in [5, 5.41) is 0. The Kier molecular flexibility index (Phi) is 7.64. The van der Waals surface area contributed by atoms with Crippen molar-refractivity contribution in [1.82, 2.24) is 9.88 Å². The highest BCUT2D eigenvalue weighted by Crippen LogP contribution is 2.22. The fraction of sp³-hybridized carbons (Fsp3) is 0.280. The van der Waals surface area contributed by atoms with E-state index >= 15 is 0 Å². The fourth-order valence-electron chi connectivity index (χ4n) is 3.41. The number of nitrogens with zero attached hydrogens (tertiary/aromatic N) is 2. The molecule has 1 heterocycles. The molecule has 1 N–H and O–H groups in total. The number of sulfonamides is 1. The van der Waals surface area contributed by atoms with Crippen molar-refractivity contribution in [3.63, 3.8) is 0 Å². The molecule has 0 fully saturated rings. The first-order chi connectivity index (χ1) is 15.3. The molecule has 0 aliphatic heterocycles. The third-order valence-electron chi connectivity index (χ3n) is 5.27. The van der Waals surface area contributed by atoms with Crippen LogP contribution in [0.5, 0.6) is 0 Å². The summed E-state index contributed by atoms with van der Waals surface area (Å²) in [5.74, 6) is -0.251. The number of amides is 1. The maximum absolute atomic E-state index is 13.1. The molecule has 0 unspecified atom stereocenters. The van der Waals surface area contributed by atoms with E-state index in [0.29, 0.717) is 23.4 Å². The molecule has 0 saturated carbocycles. The van der Waals surface area contributed by atoms with Crippen LogP contribution in [-0.2, 0) is 23.0 Å². The molecule has 0 spiro atoms. The summed E-state index contributed by atoms with van der Waals surface area (Å²) in [4.78, 5) is 18.5. The number of carbonyl (C=O) groups is 1. The molecule has 7 heteroatoms. The Bertz CT molecular complexity index is 1160. The molecule has 0 radical (unpaired) electrons. The summed E-state index contributed by atoms with van der Waals surface area (Å²) in [6.07, 6.45) is 6.53. The van der Waals surface area contributed by atoms with Crippen LogP contribution in [0.3, 0.4) is 0 Å². The molecule has 2 aromatic carbocycles. The van der Waals surface area contributed by atoms with Crippen LogP contribution in [0.1, 0.15) is 46.8 Å². The van der Waals surface area contributed by atoms with Crippen LogP contribution >= 0.6 is 0 Å². The Morgan fingerprint density at radius 1 is 1.00 bits per heavy atom. The third kappa shape index (κ3) is 5.95. The second-order valence-corrected chi connectivity index (χ2v) is 9.55. The monoisotopic (exact) mass is 451 g/mol. The van der Waals surface area contributed by atoms with Crippen LogP contribution in [-0.4, -0.2) is 31.3 Å². The number of unbranched alkanes of at least 4 members (excludes halogenated alkanes) is 1. The van der Waals surface area contributed by atoms with Gasteiger partial charge < -0.3 is 4.90 Å². The normalized spacial score (nSPS) is 11.2. The fourth-order valence-corrected chi connectivity index (χ4v) is 4.74. The average Bonchev–Trinajstić information content (AvgIpc) is 2.78. The van der Waals surface area contributed by atoms with Crippen LogP contribution in [0.15, 0.2) is 71.9 Å². The van der Waals surface area contributed by atoms with Gasteiger partial charge in [0.2, 0.25) is 0 Å². The Hall–Kier alpha value is -3.19. The number of nitrogens with one attached hydrogen (secondary N) is 1. The summed E-state index contributed by atoms with van der Waals surface area (Å²) in [5.41, 5.74) is 3.51. The quantitative estimate of drug-likeness (QED) is 0.507. The number of carbonyl (C=O) groups excluding carboxylic acids is 1. The maximum atomic E-state index is 13.1. The van der Waals surface area contributed by atoms with Gasteiger partial charge in [-0.15, -0.1) is 0 Å². The van der Waals surface area contributed by atoms with E-state index in [2.05, 4.69) is 16.6 Å². The van der Waals surface area contributed by atoms with Gasteiger partial charge in [-0.1, -0.05) is 31.5 Å². The lowest BCUT2D eigenvalue weighted by atomic mass is 10.1. The molecule has 3 rings (SSSR count). The molecule has 1 aromatic heterocycles. The van der Waals surface area contributed by atoms with Gasteiger partial charge in [0.15, 0.2) is 0 Å². The van der Waals surface area contributed by atoms with Gasteiger partial charge in [0.25, 0.3) is 15.9 Å². The molecule has 6 nitrogen and oxygen atoms in total. The molecular weight excluding hydrogens is 422 g/mol. The zero-order valence-electron chi connectivity index (χ0n) is 18.7. The second kappa shape index (κ2) is 10.4. The molecule has 0 aliphatic carbocycles. The lowest BCUT2D eigenvalue weighted by molar-refractivity contribution is 0.0785. The van der Waals surface area contributed by atoms with Gasteiger partial charge in [-0.3, -0.25) is 14.5 Å². The molecular formula is C25H29N3O3S. The number of hydrogen-bond donors (Lipinski definition) is 1. The van der Waals surface area contributed by atoms with Crippen molar-refractivity contribution >= 4 is 21.6 Å². The van der Waals surface area contributed by atoms with Crippen LogP contribution < -0.4 is 4.72 Å². The third-order valence-corrected chi connectivity index (χ3v) is 6.79. The highest BCUT2D eigenvalue weighted by atomic mass is 32.2. The molecule has 0 atom stereocenters. The second-order valence-electron chi connectivity index (χ2n) is 7.90. The summed E-state index contributed by atoms with van der Waals surface area (Å²) in [6.45, 7) is 4.26. The summed E-state index contributed by atoms with van der Waals surface area (Å²) >= 11 is 0. The first-order valence-corrected chi connectivity index (χ1v) is 12.1. The van der Waals surface area contributed by atoms with Crippen molar-refractivity contribution in [2.75, 3.05) is 11.8 Å². The van der Waals surface area contributed by atoms with Crippen LogP contribution in [0.4, 0.5) is 5.69 Å². The van der Waals surface area contributed by atoms with E-state index in [-0.39, 0.29) is 10.8 Å². The van der Waals surface area contributed by atoms with E-state index in [1.807, 2.05) is 24.3 Å². The van der Waals surface area contributed by atoms with Crippen molar-refractivity contribution < 1.29 is 13.2 Å². The van der Waals surface area contributed by atoms with Gasteiger partial charge in [-0.05, 0) is 72.9 Å². The lowest BCUT2D eigenvalue weighted by Crippen LogP contribution is -2.26. The topological polar surface area (TPSA) is 79.4 Å². The van der Waals surface area contributed by atoms with Gasteiger partial charge >= 0.3 is 0 Å². The summed E-state index contributed by atoms with van der Waals surface area (Å²) < 4.78 is 28.8. The lowest BCUT2D eigenvalue weighted by Gasteiger charge is -2.18. The van der Waals surface area contributed by atoms with Gasteiger partial charge in [0, 0.05) is 37.2 Å². The van der Waals surface area contributed by atoms with E-state index in [0.717, 1.165) is 24.8 Å². The molecule has 0 saturated heterocycles. The van der Waals surface area contributed by atoms with Crippen LogP contribution in [0.25, 0.3) is 0 Å². The van der Waals surface area contributed by atoms with Gasteiger partial charge in [0.1, 0.15) is 0 Å². The molecule has 3 aromatic rings. The first kappa shape index (κ1) is 23.5. The Labute approximate surface area is 190 Å². The van der Waals surface area contributed by atoms with Gasteiger partial charge in [0.05, 0.1) is 4.90 Å². The SMILES string of the molecule is CCCCc1ccc(NS(=O)(=O)c2cc(C(=O)N(C)Cc3ccncc3)ccc2C)cc1. The maximum Gasteiger partial charge on any atom is 0.262 e. The van der Waals surface area contributed by atoms with E-state index in [1.165, 1.54) is 11.6 Å². The molecule has 168 valence electrons. The van der Waals surface area contributed by atoms with Crippen molar-refractivity contribution in [3.8, 4) is 0 Å². The Morgan fingerprint density at radius 3 is 2.34 bits per heavy atom. The highest BCUT2D eigenvalue weighted by Gasteiger charge is 2.21. The Morgan fingerprint density at radius 2 is 1.69 bits per heavy atom. The smallest absolute Gasteiger partial charge is 0.262 e. The minimum absolute atomic E-state index is 0.0933. The number of hydrogen-bond acceptors (Lipinski definition) is 4. The van der Waals surface area contributed by atoms with Gasteiger partial charge in [-0.25, -0.2) is 8.42 Å². The first-order valence-electron chi connectivity index (χ1n) is 10.7. The molecule has 0 aliphatic rings. The van der Waals surface area contributed by atoms with Crippen molar-refractivity contribution in [2.45, 2.75) is 44.6 Å². The summed E-state index contributed by atoms with van der Waals surface area (Å²) in [6, 6.07) is 15.9. The number of pyridine rings is 1. The van der Waals surface area contributed by atoms with E-state index in [4.69, 9.17) is 0 Å². The van der Waals surface area contributed by atoms with E-state index < -0.39 is 10.0 Å². The van der Waals surface area contributed by atoms with Crippen LogP contribution in [0.2, 0.25) is 0 Å². The van der Waals surface area contributed by atoms with Crippen molar-refractivity contribution in [3.05, 3.63) is 89.2 Å². The van der Waals surface area contributed by atoms with Crippen molar-refractivity contribution in [1.29, 1.82) is 0 Å². The standard InChI is InChI=1S/C25H29N3O3S/c1-4-5-6-20-8-11-23(12-9-20)27-32(30,31)24-17-22(10-7-19(24)2)25(29)28(3)18-21-13-15-26-16-14-21/h7-17,27H,4-6,18H2,1-3H3. The summed E-state index contributed by atoms with van der Waals surface area (Å²) in [7, 11) is -2.15. The van der Waals surface area contributed by atoms with Gasteiger partial charge in [-0.2, -0.15) is 0 Å². The zero-order chi connectivity index (χ0) is 23.1.